The molecule has 0 radical (unpaired) electrons. The van der Waals surface area contributed by atoms with Crippen molar-refractivity contribution in [3.8, 4) is 0 Å². The fraction of sp³-hybridized carbons (Fsp3) is 1.00. The Morgan fingerprint density at radius 2 is 0.579 bits per heavy atom. The van der Waals surface area contributed by atoms with Gasteiger partial charge in [-0.1, -0.05) is 187 Å². The van der Waals surface area contributed by atoms with E-state index in [0.717, 1.165) is 12.3 Å². The van der Waals surface area contributed by atoms with Gasteiger partial charge in [0.1, 0.15) is 0 Å². The number of hydrogen-bond acceptors (Lipinski definition) is 2. The molecule has 0 aromatic carbocycles. The molecule has 0 rings (SSSR count). The molecular weight excluding hydrogens is 464 g/mol. The highest BCUT2D eigenvalue weighted by molar-refractivity contribution is 4.62. The van der Waals surface area contributed by atoms with Crippen LogP contribution in [0.25, 0.3) is 0 Å². The summed E-state index contributed by atoms with van der Waals surface area (Å²) in [4.78, 5) is 0. The van der Waals surface area contributed by atoms with Crippen LogP contribution in [0.5, 0.6) is 0 Å². The molecule has 2 unspecified atom stereocenters. The zero-order chi connectivity index (χ0) is 27.8. The Hall–Kier alpha value is -0.0800. The van der Waals surface area contributed by atoms with Crippen molar-refractivity contribution in [1.82, 2.24) is 0 Å². The van der Waals surface area contributed by atoms with Crippen molar-refractivity contribution in [2.75, 3.05) is 13.2 Å². The summed E-state index contributed by atoms with van der Waals surface area (Å²) in [6, 6.07) is 0. The summed E-state index contributed by atoms with van der Waals surface area (Å²) in [5.74, 6) is 1.31. The molecule has 0 aliphatic carbocycles. The number of aliphatic hydroxyl groups is 2. The van der Waals surface area contributed by atoms with Crippen molar-refractivity contribution in [1.29, 1.82) is 0 Å². The fourth-order valence-electron chi connectivity index (χ4n) is 6.18. The van der Waals surface area contributed by atoms with E-state index in [1.807, 2.05) is 0 Å². The van der Waals surface area contributed by atoms with E-state index in [-0.39, 0.29) is 0 Å². The summed E-state index contributed by atoms with van der Waals surface area (Å²) in [7, 11) is 0. The first kappa shape index (κ1) is 37.9. The molecule has 0 fully saturated rings. The number of unbranched alkanes of at least 4 members (excludes halogenated alkanes) is 22. The van der Waals surface area contributed by atoms with Gasteiger partial charge in [-0.15, -0.1) is 0 Å². The van der Waals surface area contributed by atoms with Crippen molar-refractivity contribution >= 4 is 0 Å². The van der Waals surface area contributed by atoms with E-state index in [2.05, 4.69) is 13.8 Å². The number of rotatable bonds is 33. The maximum atomic E-state index is 9.77. The molecule has 0 aromatic rings. The number of hydrogen-bond donors (Lipinski definition) is 2. The maximum Gasteiger partial charge on any atom is 0.0459 e. The van der Waals surface area contributed by atoms with Crippen molar-refractivity contribution in [3.63, 3.8) is 0 Å². The average Bonchev–Trinajstić information content (AvgIpc) is 2.93. The first-order valence-electron chi connectivity index (χ1n) is 18.0. The Balaban J connectivity index is 3.49. The molecule has 2 N–H and O–H groups in total. The van der Waals surface area contributed by atoms with E-state index >= 15 is 0 Å². The van der Waals surface area contributed by atoms with Gasteiger partial charge in [-0.2, -0.15) is 0 Å². The number of aliphatic hydroxyl groups excluding tert-OH is 2. The summed E-state index contributed by atoms with van der Waals surface area (Å²) in [6.07, 6.45) is 40.8. The van der Waals surface area contributed by atoms with Crippen LogP contribution in [0.3, 0.4) is 0 Å². The molecule has 0 aromatic heterocycles. The van der Waals surface area contributed by atoms with E-state index in [4.69, 9.17) is 0 Å². The van der Waals surface area contributed by atoms with Gasteiger partial charge in [-0.3, -0.25) is 0 Å². The first-order valence-corrected chi connectivity index (χ1v) is 18.0. The molecule has 0 spiro atoms. The molecule has 0 amide bonds. The van der Waals surface area contributed by atoms with E-state index < -0.39 is 0 Å². The van der Waals surface area contributed by atoms with Crippen LogP contribution < -0.4 is 0 Å². The van der Waals surface area contributed by atoms with Gasteiger partial charge >= 0.3 is 0 Å². The molecule has 0 saturated carbocycles. The minimum Gasteiger partial charge on any atom is -0.396 e. The summed E-state index contributed by atoms with van der Waals surface area (Å²) in [6.45, 7) is 5.34. The molecule has 0 heterocycles. The Morgan fingerprint density at radius 1 is 0.316 bits per heavy atom. The molecule has 0 bridgehead atoms. The molecule has 0 aliphatic rings. The van der Waals surface area contributed by atoms with Crippen LogP contribution in [0.15, 0.2) is 0 Å². The van der Waals surface area contributed by atoms with Crippen molar-refractivity contribution in [3.05, 3.63) is 0 Å². The predicted molar refractivity (Wildman–Crippen MR) is 171 cm³/mol. The lowest BCUT2D eigenvalue weighted by Crippen LogP contribution is -2.06. The molecule has 38 heavy (non-hydrogen) atoms. The van der Waals surface area contributed by atoms with Crippen molar-refractivity contribution in [2.45, 2.75) is 206 Å². The summed E-state index contributed by atoms with van der Waals surface area (Å²) in [5.41, 5.74) is 0. The Bertz CT molecular complexity index is 410. The van der Waals surface area contributed by atoms with Gasteiger partial charge < -0.3 is 10.2 Å². The van der Waals surface area contributed by atoms with E-state index in [1.165, 1.54) is 186 Å². The molecule has 0 aliphatic heterocycles. The lowest BCUT2D eigenvalue weighted by molar-refractivity contribution is 0.204. The van der Waals surface area contributed by atoms with Crippen LogP contribution in [0.4, 0.5) is 0 Å². The first-order chi connectivity index (χ1) is 18.8. The van der Waals surface area contributed by atoms with Gasteiger partial charge in [0.2, 0.25) is 0 Å². The largest absolute Gasteiger partial charge is 0.396 e. The summed E-state index contributed by atoms with van der Waals surface area (Å²) < 4.78 is 0. The van der Waals surface area contributed by atoms with Crippen LogP contribution in [-0.4, -0.2) is 23.4 Å². The molecule has 230 valence electrons. The molecule has 2 nitrogen and oxygen atoms in total. The SMILES string of the molecule is CCCCCCCCCCCCCCC(CO)CCCCCCCCCC(CCO)CCCCCCCC. The Morgan fingerprint density at radius 3 is 0.842 bits per heavy atom. The average molecular weight is 539 g/mol. The lowest BCUT2D eigenvalue weighted by atomic mass is 9.91. The van der Waals surface area contributed by atoms with Crippen molar-refractivity contribution in [2.24, 2.45) is 11.8 Å². The van der Waals surface area contributed by atoms with Crippen LogP contribution in [0.2, 0.25) is 0 Å². The highest BCUT2D eigenvalue weighted by Crippen LogP contribution is 2.23. The monoisotopic (exact) mass is 539 g/mol. The molecule has 0 saturated heterocycles. The predicted octanol–water partition coefficient (Wildman–Crippen LogP) is 11.9. The highest BCUT2D eigenvalue weighted by atomic mass is 16.3. The lowest BCUT2D eigenvalue weighted by Gasteiger charge is -2.15. The second-order valence-corrected chi connectivity index (χ2v) is 12.7. The summed E-state index contributed by atoms with van der Waals surface area (Å²) in [5, 5.41) is 19.2. The Kier molecular flexibility index (Phi) is 33.1. The van der Waals surface area contributed by atoms with Gasteiger partial charge in [0, 0.05) is 13.2 Å². The van der Waals surface area contributed by atoms with Gasteiger partial charge in [0.05, 0.1) is 0 Å². The van der Waals surface area contributed by atoms with Crippen LogP contribution >= 0.6 is 0 Å². The standard InChI is InChI=1S/C36H74O2/c1-3-5-7-9-11-12-13-14-15-17-22-26-30-36(34-38)31-27-23-19-16-18-21-25-29-35(32-33-37)28-24-20-10-8-6-4-2/h35-38H,3-34H2,1-2H3. The van der Waals surface area contributed by atoms with E-state index in [1.54, 1.807) is 0 Å². The topological polar surface area (TPSA) is 40.5 Å². The minimum absolute atomic E-state index is 0.370. The normalized spacial score (nSPS) is 13.3. The molecular formula is C36H74O2. The maximum absolute atomic E-state index is 9.77. The quantitative estimate of drug-likeness (QED) is 0.0815. The van der Waals surface area contributed by atoms with Gasteiger partial charge in [-0.25, -0.2) is 0 Å². The third-order valence-corrected chi connectivity index (χ3v) is 8.95. The second-order valence-electron chi connectivity index (χ2n) is 12.7. The van der Waals surface area contributed by atoms with Gasteiger partial charge in [-0.05, 0) is 31.1 Å². The summed E-state index contributed by atoms with van der Waals surface area (Å²) >= 11 is 0. The third kappa shape index (κ3) is 28.9. The second kappa shape index (κ2) is 33.1. The highest BCUT2D eigenvalue weighted by Gasteiger charge is 2.09. The van der Waals surface area contributed by atoms with Crippen LogP contribution in [0.1, 0.15) is 206 Å². The zero-order valence-corrected chi connectivity index (χ0v) is 26.7. The van der Waals surface area contributed by atoms with E-state index in [9.17, 15) is 10.2 Å². The van der Waals surface area contributed by atoms with Crippen LogP contribution in [-0.2, 0) is 0 Å². The third-order valence-electron chi connectivity index (χ3n) is 8.95. The minimum atomic E-state index is 0.370. The van der Waals surface area contributed by atoms with Crippen molar-refractivity contribution < 1.29 is 10.2 Å². The Labute approximate surface area is 241 Å². The zero-order valence-electron chi connectivity index (χ0n) is 26.7. The van der Waals surface area contributed by atoms with Gasteiger partial charge in [0.15, 0.2) is 0 Å². The smallest absolute Gasteiger partial charge is 0.0459 e. The fourth-order valence-corrected chi connectivity index (χ4v) is 6.18. The van der Waals surface area contributed by atoms with Crippen LogP contribution in [0, 0.1) is 11.8 Å². The molecule has 2 heteroatoms. The van der Waals surface area contributed by atoms with E-state index in [0.29, 0.717) is 19.1 Å². The molecule has 2 atom stereocenters. The van der Waals surface area contributed by atoms with Gasteiger partial charge in [0.25, 0.3) is 0 Å².